The summed E-state index contributed by atoms with van der Waals surface area (Å²) in [6, 6.07) is 7.76. The third kappa shape index (κ3) is 4.46. The molecule has 0 spiro atoms. The number of rotatable bonds is 4. The third-order valence-corrected chi connectivity index (χ3v) is 8.45. The minimum Gasteiger partial charge on any atom is -0.354 e. The summed E-state index contributed by atoms with van der Waals surface area (Å²) < 4.78 is 32.7. The lowest BCUT2D eigenvalue weighted by Gasteiger charge is -2.47. The third-order valence-electron chi connectivity index (χ3n) is 8.45. The predicted octanol–water partition coefficient (Wildman–Crippen LogP) is 4.21. The van der Waals surface area contributed by atoms with E-state index >= 15 is 8.78 Å². The van der Waals surface area contributed by atoms with Crippen molar-refractivity contribution in [2.24, 2.45) is 0 Å². The largest absolute Gasteiger partial charge is 0.354 e. The van der Waals surface area contributed by atoms with Crippen LogP contribution in [0.3, 0.4) is 0 Å². The smallest absolute Gasteiger partial charge is 0.283 e. The predicted molar refractivity (Wildman–Crippen MR) is 165 cm³/mol. The number of carbonyl (C=O) groups is 2. The maximum absolute atomic E-state index is 16.2. The molecule has 0 radical (unpaired) electrons. The highest BCUT2D eigenvalue weighted by molar-refractivity contribution is 6.12. The van der Waals surface area contributed by atoms with Gasteiger partial charge in [0.15, 0.2) is 5.65 Å². The van der Waals surface area contributed by atoms with Gasteiger partial charge >= 0.3 is 0 Å². The number of aryl methyl sites for hydroxylation is 1. The van der Waals surface area contributed by atoms with Crippen LogP contribution in [0.25, 0.3) is 28.0 Å². The minimum atomic E-state index is -0.917. The highest BCUT2D eigenvalue weighted by Crippen LogP contribution is 2.42. The molecule has 1 fully saturated rings. The van der Waals surface area contributed by atoms with Gasteiger partial charge in [0.25, 0.3) is 11.5 Å². The van der Waals surface area contributed by atoms with Gasteiger partial charge in [-0.25, -0.2) is 13.8 Å². The van der Waals surface area contributed by atoms with Crippen molar-refractivity contribution in [3.8, 4) is 23.0 Å². The molecule has 0 bridgehead atoms. The first kappa shape index (κ1) is 29.6. The maximum Gasteiger partial charge on any atom is 0.283 e. The Morgan fingerprint density at radius 1 is 1.13 bits per heavy atom. The molecular weight excluding hydrogens is 580 g/mol. The highest BCUT2D eigenvalue weighted by atomic mass is 19.1. The van der Waals surface area contributed by atoms with Gasteiger partial charge in [-0.15, -0.1) is 0 Å². The standard InChI is InChI=1S/C33H29F2N7O3/c1-6-24(43)40-12-13-41-23(16-40)32(44)39(5)30-29(41)20-14-22(35)27(25-19(15-36)8-7-9-21(25)34)38-31(20)42(33(30)45)28-18(4)10-11-37-26(28)17(2)3/h6-11,14,17,23H,1,12-13,16H2,2-5H3/t23-/m1/s1. The molecule has 6 rings (SSSR count). The summed E-state index contributed by atoms with van der Waals surface area (Å²) >= 11 is 0. The van der Waals surface area contributed by atoms with Gasteiger partial charge < -0.3 is 14.7 Å². The number of nitrogens with zero attached hydrogens (tertiary/aromatic N) is 7. The summed E-state index contributed by atoms with van der Waals surface area (Å²) in [5.41, 5.74) is 0.462. The Morgan fingerprint density at radius 3 is 2.58 bits per heavy atom. The Kier molecular flexibility index (Phi) is 7.19. The number of aromatic nitrogens is 3. The number of carbonyl (C=O) groups excluding carboxylic acids is 2. The molecule has 10 nitrogen and oxygen atoms in total. The van der Waals surface area contributed by atoms with Crippen LogP contribution in [0, 0.1) is 29.9 Å². The molecule has 2 amide bonds. The van der Waals surface area contributed by atoms with E-state index in [-0.39, 0.29) is 65.0 Å². The SMILES string of the molecule is C=CC(=O)N1CCN2c3c(c(=O)n(-c4c(C)ccnc4C(C)C)c4nc(-c5c(F)cccc5C#N)c(F)cc34)N(C)C(=O)[C@H]2C1. The number of fused-ring (bicyclic) bond motifs is 5. The number of hydrogen-bond donors (Lipinski definition) is 0. The van der Waals surface area contributed by atoms with E-state index in [1.54, 1.807) is 24.1 Å². The van der Waals surface area contributed by atoms with E-state index < -0.39 is 34.8 Å². The Bertz CT molecular complexity index is 2050. The molecule has 228 valence electrons. The molecule has 0 N–H and O–H groups in total. The summed E-state index contributed by atoms with van der Waals surface area (Å²) in [6.45, 7) is 9.62. The molecule has 1 saturated heterocycles. The lowest BCUT2D eigenvalue weighted by Crippen LogP contribution is -2.63. The molecule has 3 aromatic heterocycles. The van der Waals surface area contributed by atoms with Crippen molar-refractivity contribution in [3.05, 3.63) is 88.0 Å². The average Bonchev–Trinajstić information content (AvgIpc) is 3.02. The number of piperazine rings is 1. The minimum absolute atomic E-state index is 0.00592. The zero-order valence-corrected chi connectivity index (χ0v) is 25.1. The Hall–Kier alpha value is -5.44. The van der Waals surface area contributed by atoms with Gasteiger partial charge in [-0.3, -0.25) is 23.9 Å². The van der Waals surface area contributed by atoms with E-state index in [0.717, 1.165) is 6.07 Å². The number of hydrogen-bond acceptors (Lipinski definition) is 7. The number of likely N-dealkylation sites (N-methyl/N-ethyl adjacent to an activating group) is 1. The molecule has 1 aromatic carbocycles. The second-order valence-corrected chi connectivity index (χ2v) is 11.4. The quantitative estimate of drug-likeness (QED) is 0.319. The van der Waals surface area contributed by atoms with E-state index in [9.17, 15) is 19.6 Å². The van der Waals surface area contributed by atoms with Gasteiger partial charge in [-0.05, 0) is 48.7 Å². The second kappa shape index (κ2) is 10.9. The van der Waals surface area contributed by atoms with Crippen molar-refractivity contribution in [2.45, 2.75) is 32.7 Å². The van der Waals surface area contributed by atoms with Gasteiger partial charge in [0.2, 0.25) is 5.91 Å². The van der Waals surface area contributed by atoms with Gasteiger partial charge in [0.05, 0.1) is 40.8 Å². The molecule has 2 aliphatic heterocycles. The van der Waals surface area contributed by atoms with Crippen molar-refractivity contribution in [2.75, 3.05) is 36.5 Å². The normalized spacial score (nSPS) is 16.1. The van der Waals surface area contributed by atoms with Crippen molar-refractivity contribution in [1.82, 2.24) is 19.4 Å². The summed E-state index contributed by atoms with van der Waals surface area (Å²) in [7, 11) is 1.47. The fraction of sp³-hybridized carbons (Fsp3) is 0.273. The molecule has 2 aliphatic rings. The number of pyridine rings is 3. The van der Waals surface area contributed by atoms with Crippen LogP contribution in [0.15, 0.2) is 54.0 Å². The lowest BCUT2D eigenvalue weighted by molar-refractivity contribution is -0.128. The van der Waals surface area contributed by atoms with Crippen LogP contribution in [0.4, 0.5) is 20.2 Å². The Labute approximate surface area is 257 Å². The number of benzene rings is 1. The molecule has 4 aromatic rings. The van der Waals surface area contributed by atoms with Crippen LogP contribution in [-0.4, -0.2) is 64.0 Å². The van der Waals surface area contributed by atoms with Crippen LogP contribution in [-0.2, 0) is 9.59 Å². The van der Waals surface area contributed by atoms with Crippen LogP contribution in [0.2, 0.25) is 0 Å². The molecule has 0 unspecified atom stereocenters. The maximum atomic E-state index is 16.2. The molecule has 1 atom stereocenters. The summed E-state index contributed by atoms with van der Waals surface area (Å²) in [5, 5.41) is 9.93. The van der Waals surface area contributed by atoms with Crippen LogP contribution in [0.5, 0.6) is 0 Å². The lowest BCUT2D eigenvalue weighted by atomic mass is 9.99. The first-order valence-corrected chi connectivity index (χ1v) is 14.4. The Balaban J connectivity index is 1.76. The topological polar surface area (TPSA) is 115 Å². The zero-order valence-electron chi connectivity index (χ0n) is 25.1. The van der Waals surface area contributed by atoms with Gasteiger partial charge in [0, 0.05) is 31.7 Å². The zero-order chi connectivity index (χ0) is 32.3. The molecule has 0 saturated carbocycles. The fourth-order valence-corrected chi connectivity index (χ4v) is 6.30. The average molecular weight is 610 g/mol. The number of nitriles is 1. The van der Waals surface area contributed by atoms with E-state index in [1.165, 1.54) is 45.7 Å². The van der Waals surface area contributed by atoms with Gasteiger partial charge in [-0.1, -0.05) is 26.5 Å². The van der Waals surface area contributed by atoms with E-state index in [4.69, 9.17) is 0 Å². The van der Waals surface area contributed by atoms with Crippen molar-refractivity contribution < 1.29 is 18.4 Å². The second-order valence-electron chi connectivity index (χ2n) is 11.4. The molecular formula is C33H29F2N7O3. The highest BCUT2D eigenvalue weighted by Gasteiger charge is 2.44. The van der Waals surface area contributed by atoms with Crippen molar-refractivity contribution >= 4 is 34.2 Å². The van der Waals surface area contributed by atoms with Crippen molar-refractivity contribution in [1.29, 1.82) is 5.26 Å². The summed E-state index contributed by atoms with van der Waals surface area (Å²) in [4.78, 5) is 54.5. The van der Waals surface area contributed by atoms with Gasteiger partial charge in [0.1, 0.15) is 29.1 Å². The van der Waals surface area contributed by atoms with Crippen LogP contribution >= 0.6 is 0 Å². The van der Waals surface area contributed by atoms with Gasteiger partial charge in [-0.2, -0.15) is 5.26 Å². The number of halogens is 2. The van der Waals surface area contributed by atoms with Crippen molar-refractivity contribution in [3.63, 3.8) is 0 Å². The monoisotopic (exact) mass is 609 g/mol. The molecule has 5 heterocycles. The van der Waals surface area contributed by atoms with E-state index in [0.29, 0.717) is 16.9 Å². The van der Waals surface area contributed by atoms with E-state index in [1.807, 2.05) is 19.9 Å². The van der Waals surface area contributed by atoms with Crippen LogP contribution in [0.1, 0.15) is 36.6 Å². The summed E-state index contributed by atoms with van der Waals surface area (Å²) in [5.74, 6) is -2.65. The van der Waals surface area contributed by atoms with Crippen LogP contribution < -0.4 is 15.4 Å². The summed E-state index contributed by atoms with van der Waals surface area (Å²) in [6.07, 6.45) is 2.80. The number of anilines is 2. The molecule has 45 heavy (non-hydrogen) atoms. The first-order chi connectivity index (χ1) is 21.5. The fourth-order valence-electron chi connectivity index (χ4n) is 6.30. The Morgan fingerprint density at radius 2 is 1.89 bits per heavy atom. The molecule has 0 aliphatic carbocycles. The number of amides is 2. The first-order valence-electron chi connectivity index (χ1n) is 14.4. The van der Waals surface area contributed by atoms with E-state index in [2.05, 4.69) is 16.5 Å². The molecule has 12 heteroatoms.